The third-order valence-corrected chi connectivity index (χ3v) is 4.14. The summed E-state index contributed by atoms with van der Waals surface area (Å²) in [6.07, 6.45) is -3.96. The van der Waals surface area contributed by atoms with Crippen molar-refractivity contribution in [3.63, 3.8) is 0 Å². The van der Waals surface area contributed by atoms with Crippen molar-refractivity contribution in [3.05, 3.63) is 29.8 Å². The lowest BCUT2D eigenvalue weighted by Gasteiger charge is -2.32. The van der Waals surface area contributed by atoms with Crippen LogP contribution in [-0.2, 0) is 0 Å². The molecule has 25 heavy (non-hydrogen) atoms. The summed E-state index contributed by atoms with van der Waals surface area (Å²) in [5.74, 6) is -0.975. The minimum atomic E-state index is -5.00. The van der Waals surface area contributed by atoms with Crippen molar-refractivity contribution in [1.29, 1.82) is 0 Å². The van der Waals surface area contributed by atoms with E-state index in [1.165, 1.54) is 12.1 Å². The van der Waals surface area contributed by atoms with Crippen molar-refractivity contribution >= 4 is 17.3 Å². The SMILES string of the molecule is CCCCC1=NN(C(=O)c2ccc(N(C)C)cc2)[C@@](O)(C(F)(F)F)C1. The molecule has 0 aliphatic carbocycles. The molecule has 8 heteroatoms. The van der Waals surface area contributed by atoms with E-state index in [1.54, 1.807) is 17.0 Å². The summed E-state index contributed by atoms with van der Waals surface area (Å²) in [5, 5.41) is 14.2. The van der Waals surface area contributed by atoms with Crippen molar-refractivity contribution in [2.45, 2.75) is 44.5 Å². The lowest BCUT2D eigenvalue weighted by atomic mass is 10.0. The number of anilines is 1. The minimum absolute atomic E-state index is 0.0359. The third kappa shape index (κ3) is 3.78. The van der Waals surface area contributed by atoms with E-state index in [1.807, 2.05) is 21.0 Å². The summed E-state index contributed by atoms with van der Waals surface area (Å²) in [4.78, 5) is 14.4. The highest BCUT2D eigenvalue weighted by Crippen LogP contribution is 2.41. The molecule has 1 atom stereocenters. The van der Waals surface area contributed by atoms with E-state index in [0.717, 1.165) is 12.1 Å². The number of rotatable bonds is 5. The molecule has 138 valence electrons. The number of aliphatic hydroxyl groups is 1. The van der Waals surface area contributed by atoms with Gasteiger partial charge < -0.3 is 10.0 Å². The van der Waals surface area contributed by atoms with Crippen LogP contribution in [0.25, 0.3) is 0 Å². The molecule has 1 aliphatic heterocycles. The number of carbonyl (C=O) groups is 1. The van der Waals surface area contributed by atoms with Crippen LogP contribution in [0.15, 0.2) is 29.4 Å². The average Bonchev–Trinajstić information content (AvgIpc) is 2.90. The number of halogens is 3. The van der Waals surface area contributed by atoms with E-state index in [4.69, 9.17) is 0 Å². The van der Waals surface area contributed by atoms with Gasteiger partial charge >= 0.3 is 6.18 Å². The molecule has 0 spiro atoms. The highest BCUT2D eigenvalue weighted by Gasteiger charge is 2.63. The lowest BCUT2D eigenvalue weighted by Crippen LogP contribution is -2.56. The Labute approximate surface area is 144 Å². The molecule has 5 nitrogen and oxygen atoms in total. The van der Waals surface area contributed by atoms with Crippen LogP contribution in [0, 0.1) is 0 Å². The van der Waals surface area contributed by atoms with Gasteiger partial charge in [-0.1, -0.05) is 13.3 Å². The Morgan fingerprint density at radius 1 is 1.32 bits per heavy atom. The minimum Gasteiger partial charge on any atom is -0.378 e. The van der Waals surface area contributed by atoms with Crippen molar-refractivity contribution < 1.29 is 23.1 Å². The van der Waals surface area contributed by atoms with Crippen LogP contribution in [0.5, 0.6) is 0 Å². The smallest absolute Gasteiger partial charge is 0.378 e. The standard InChI is InChI=1S/C17H22F3N3O2/c1-4-5-6-13-11-16(25,17(18,19)20)23(21-13)15(24)12-7-9-14(10-8-12)22(2)3/h7-10,25H,4-6,11H2,1-3H3/t16-/m0/s1. The number of hydrogen-bond donors (Lipinski definition) is 1. The first-order chi connectivity index (χ1) is 11.6. The first-order valence-corrected chi connectivity index (χ1v) is 8.07. The number of hydrazone groups is 1. The highest BCUT2D eigenvalue weighted by molar-refractivity contribution is 5.98. The van der Waals surface area contributed by atoms with Gasteiger partial charge in [0, 0.05) is 37.5 Å². The molecule has 0 unspecified atom stereocenters. The van der Waals surface area contributed by atoms with Crippen LogP contribution in [0.1, 0.15) is 43.0 Å². The zero-order valence-corrected chi connectivity index (χ0v) is 14.5. The molecule has 0 fully saturated rings. The second-order valence-electron chi connectivity index (χ2n) is 6.32. The number of nitrogens with zero attached hydrogens (tertiary/aromatic N) is 3. The fraction of sp³-hybridized carbons (Fsp3) is 0.529. The normalized spacial score (nSPS) is 20.6. The monoisotopic (exact) mass is 357 g/mol. The summed E-state index contributed by atoms with van der Waals surface area (Å²) >= 11 is 0. The number of carbonyl (C=O) groups excluding carboxylic acids is 1. The molecule has 0 radical (unpaired) electrons. The van der Waals surface area contributed by atoms with Crippen molar-refractivity contribution in [1.82, 2.24) is 5.01 Å². The van der Waals surface area contributed by atoms with Gasteiger partial charge in [0.2, 0.25) is 0 Å². The summed E-state index contributed by atoms with van der Waals surface area (Å²) in [5.41, 5.74) is -2.28. The van der Waals surface area contributed by atoms with Crippen molar-refractivity contribution in [2.75, 3.05) is 19.0 Å². The molecule has 0 aromatic heterocycles. The van der Waals surface area contributed by atoms with Gasteiger partial charge in [-0.2, -0.15) is 23.3 Å². The molecule has 1 N–H and O–H groups in total. The number of alkyl halides is 3. The van der Waals surface area contributed by atoms with E-state index >= 15 is 0 Å². The van der Waals surface area contributed by atoms with E-state index in [0.29, 0.717) is 12.8 Å². The maximum atomic E-state index is 13.4. The summed E-state index contributed by atoms with van der Waals surface area (Å²) in [7, 11) is 3.62. The number of unbranched alkanes of at least 4 members (excludes halogenated alkanes) is 1. The molecular formula is C17H22F3N3O2. The Morgan fingerprint density at radius 3 is 2.40 bits per heavy atom. The average molecular weight is 357 g/mol. The Balaban J connectivity index is 2.33. The molecule has 0 saturated heterocycles. The maximum Gasteiger partial charge on any atom is 0.438 e. The molecule has 1 aromatic carbocycles. The number of hydrogen-bond acceptors (Lipinski definition) is 4. The molecule has 1 aromatic rings. The van der Waals surface area contributed by atoms with Gasteiger partial charge in [-0.25, -0.2) is 0 Å². The second kappa shape index (κ2) is 7.03. The van der Waals surface area contributed by atoms with E-state index in [9.17, 15) is 23.1 Å². The maximum absolute atomic E-state index is 13.4. The first-order valence-electron chi connectivity index (χ1n) is 8.07. The third-order valence-electron chi connectivity index (χ3n) is 4.14. The molecule has 0 saturated carbocycles. The summed E-state index contributed by atoms with van der Waals surface area (Å²) in [6.45, 7) is 1.90. The lowest BCUT2D eigenvalue weighted by molar-refractivity contribution is -0.297. The van der Waals surface area contributed by atoms with Crippen LogP contribution >= 0.6 is 0 Å². The van der Waals surface area contributed by atoms with Gasteiger partial charge in [-0.3, -0.25) is 4.79 Å². The first kappa shape index (κ1) is 19.2. The van der Waals surface area contributed by atoms with Crippen molar-refractivity contribution in [2.24, 2.45) is 5.10 Å². The van der Waals surface area contributed by atoms with Gasteiger partial charge in [0.25, 0.3) is 11.6 Å². The number of benzene rings is 1. The molecule has 1 amide bonds. The highest BCUT2D eigenvalue weighted by atomic mass is 19.4. The second-order valence-corrected chi connectivity index (χ2v) is 6.32. The predicted molar refractivity (Wildman–Crippen MR) is 89.5 cm³/mol. The fourth-order valence-corrected chi connectivity index (χ4v) is 2.60. The van der Waals surface area contributed by atoms with Gasteiger partial charge in [0.1, 0.15) is 0 Å². The Bertz CT molecular complexity index is 656. The zero-order valence-electron chi connectivity index (χ0n) is 14.5. The predicted octanol–water partition coefficient (Wildman–Crippen LogP) is 3.40. The fourth-order valence-electron chi connectivity index (χ4n) is 2.60. The van der Waals surface area contributed by atoms with Crippen LogP contribution in [0.2, 0.25) is 0 Å². The van der Waals surface area contributed by atoms with Crippen molar-refractivity contribution in [3.8, 4) is 0 Å². The molecule has 1 heterocycles. The quantitative estimate of drug-likeness (QED) is 0.879. The van der Waals surface area contributed by atoms with E-state index in [-0.39, 0.29) is 16.3 Å². The van der Waals surface area contributed by atoms with Gasteiger partial charge in [0.05, 0.1) is 0 Å². The van der Waals surface area contributed by atoms with Gasteiger partial charge in [-0.15, -0.1) is 0 Å². The van der Waals surface area contributed by atoms with Gasteiger partial charge in [0.15, 0.2) is 0 Å². The van der Waals surface area contributed by atoms with E-state index < -0.39 is 24.2 Å². The Morgan fingerprint density at radius 2 is 1.92 bits per heavy atom. The Kier molecular flexibility index (Phi) is 5.41. The summed E-state index contributed by atoms with van der Waals surface area (Å²) in [6, 6.07) is 6.09. The Hall–Kier alpha value is -2.09. The molecular weight excluding hydrogens is 335 g/mol. The van der Waals surface area contributed by atoms with Crippen LogP contribution in [-0.4, -0.2) is 47.7 Å². The summed E-state index contributed by atoms with van der Waals surface area (Å²) < 4.78 is 40.2. The molecule has 2 rings (SSSR count). The number of amides is 1. The zero-order chi connectivity index (χ0) is 18.8. The van der Waals surface area contributed by atoms with Crippen LogP contribution in [0.4, 0.5) is 18.9 Å². The van der Waals surface area contributed by atoms with Crippen LogP contribution in [0.3, 0.4) is 0 Å². The van der Waals surface area contributed by atoms with Crippen LogP contribution < -0.4 is 4.90 Å². The molecule has 1 aliphatic rings. The molecule has 0 bridgehead atoms. The van der Waals surface area contributed by atoms with E-state index in [2.05, 4.69) is 5.10 Å². The van der Waals surface area contributed by atoms with Gasteiger partial charge in [-0.05, 0) is 37.1 Å². The topological polar surface area (TPSA) is 56.1 Å². The largest absolute Gasteiger partial charge is 0.438 e.